The van der Waals surface area contributed by atoms with E-state index in [0.29, 0.717) is 12.2 Å². The molecule has 0 aromatic carbocycles. The predicted octanol–water partition coefficient (Wildman–Crippen LogP) is 1.67. The van der Waals surface area contributed by atoms with Crippen molar-refractivity contribution in [2.75, 3.05) is 19.7 Å². The van der Waals surface area contributed by atoms with Crippen molar-refractivity contribution in [3.63, 3.8) is 0 Å². The van der Waals surface area contributed by atoms with Crippen LogP contribution in [-0.4, -0.2) is 41.9 Å². The van der Waals surface area contributed by atoms with E-state index in [2.05, 4.69) is 24.1 Å². The summed E-state index contributed by atoms with van der Waals surface area (Å²) in [5.41, 5.74) is 0. The maximum Gasteiger partial charge on any atom is 0.0600 e. The van der Waals surface area contributed by atoms with Crippen molar-refractivity contribution in [2.24, 2.45) is 0 Å². The molecule has 1 heterocycles. The number of nitrogens with one attached hydrogen (secondary N) is 1. The van der Waals surface area contributed by atoms with E-state index >= 15 is 0 Å². The molecule has 0 saturated carbocycles. The standard InChI is InChI=1S/C9H20N2O.C2H6.H2/c1-8(2)10-9-4-3-5-11(9)6-7-12;1-2;/h8-10,12H,3-7H2,1-2H3;1-2H3;1H/t9-;;/m1../s1. The van der Waals surface area contributed by atoms with Crippen molar-refractivity contribution in [2.45, 2.75) is 52.7 Å². The van der Waals surface area contributed by atoms with Crippen LogP contribution in [0.2, 0.25) is 0 Å². The third-order valence-electron chi connectivity index (χ3n) is 2.28. The predicted molar refractivity (Wildman–Crippen MR) is 63.4 cm³/mol. The minimum Gasteiger partial charge on any atom is -0.395 e. The zero-order valence-corrected chi connectivity index (χ0v) is 10.1. The third-order valence-corrected chi connectivity index (χ3v) is 2.28. The van der Waals surface area contributed by atoms with Crippen LogP contribution >= 0.6 is 0 Å². The van der Waals surface area contributed by atoms with E-state index in [9.17, 15) is 0 Å². The van der Waals surface area contributed by atoms with Crippen LogP contribution in [0.5, 0.6) is 0 Å². The van der Waals surface area contributed by atoms with E-state index in [4.69, 9.17) is 5.11 Å². The Labute approximate surface area is 90.0 Å². The second kappa shape index (κ2) is 8.21. The van der Waals surface area contributed by atoms with Gasteiger partial charge >= 0.3 is 0 Å². The van der Waals surface area contributed by atoms with Crippen molar-refractivity contribution in [3.05, 3.63) is 0 Å². The van der Waals surface area contributed by atoms with Crippen LogP contribution in [0, 0.1) is 0 Å². The normalized spacial score (nSPS) is 22.3. The van der Waals surface area contributed by atoms with Crippen molar-refractivity contribution in [1.82, 2.24) is 10.2 Å². The van der Waals surface area contributed by atoms with Gasteiger partial charge in [0, 0.05) is 14.0 Å². The minimum absolute atomic E-state index is 0. The summed E-state index contributed by atoms with van der Waals surface area (Å²) in [5, 5.41) is 12.3. The van der Waals surface area contributed by atoms with Crippen LogP contribution < -0.4 is 5.32 Å². The summed E-state index contributed by atoms with van der Waals surface area (Å²) in [7, 11) is 0. The molecule has 0 aliphatic carbocycles. The molecule has 0 radical (unpaired) electrons. The summed E-state index contributed by atoms with van der Waals surface area (Å²) >= 11 is 0. The summed E-state index contributed by atoms with van der Waals surface area (Å²) in [6.45, 7) is 10.5. The molecule has 1 aliphatic heterocycles. The Hall–Kier alpha value is -0.120. The Morgan fingerprint density at radius 2 is 2.14 bits per heavy atom. The van der Waals surface area contributed by atoms with Crippen molar-refractivity contribution < 1.29 is 6.53 Å². The fraction of sp³-hybridized carbons (Fsp3) is 1.00. The topological polar surface area (TPSA) is 35.5 Å². The van der Waals surface area contributed by atoms with Gasteiger partial charge < -0.3 is 5.11 Å². The first-order valence-corrected chi connectivity index (χ1v) is 5.85. The van der Waals surface area contributed by atoms with E-state index in [-0.39, 0.29) is 8.03 Å². The Morgan fingerprint density at radius 3 is 2.64 bits per heavy atom. The molecular formula is C11H28N2O. The number of likely N-dealkylation sites (tertiary alicyclic amines) is 1. The highest BCUT2D eigenvalue weighted by atomic mass is 16.3. The van der Waals surface area contributed by atoms with E-state index < -0.39 is 0 Å². The average Bonchev–Trinajstić information content (AvgIpc) is 2.56. The van der Waals surface area contributed by atoms with Gasteiger partial charge in [0.1, 0.15) is 0 Å². The Kier molecular flexibility index (Phi) is 8.14. The fourth-order valence-electron chi connectivity index (χ4n) is 1.80. The van der Waals surface area contributed by atoms with Gasteiger partial charge in [-0.3, -0.25) is 10.2 Å². The van der Waals surface area contributed by atoms with Crippen LogP contribution in [0.25, 0.3) is 0 Å². The van der Waals surface area contributed by atoms with Gasteiger partial charge in [0.05, 0.1) is 12.8 Å². The number of rotatable bonds is 4. The van der Waals surface area contributed by atoms with Gasteiger partial charge in [0.2, 0.25) is 0 Å². The van der Waals surface area contributed by atoms with Crippen molar-refractivity contribution >= 4 is 0 Å². The smallest absolute Gasteiger partial charge is 0.0600 e. The van der Waals surface area contributed by atoms with Crippen LogP contribution in [-0.2, 0) is 0 Å². The van der Waals surface area contributed by atoms with Crippen LogP contribution in [0.4, 0.5) is 0 Å². The molecule has 1 atom stereocenters. The molecule has 0 aromatic rings. The van der Waals surface area contributed by atoms with Crippen LogP contribution in [0.3, 0.4) is 0 Å². The SMILES string of the molecule is CC.CC(C)N[C@H]1CCCN1CCO.[HH]. The lowest BCUT2D eigenvalue weighted by atomic mass is 10.3. The molecule has 0 amide bonds. The first-order chi connectivity index (χ1) is 6.74. The zero-order valence-electron chi connectivity index (χ0n) is 10.1. The fourth-order valence-corrected chi connectivity index (χ4v) is 1.80. The number of aliphatic hydroxyl groups is 1. The van der Waals surface area contributed by atoms with Gasteiger partial charge in [-0.1, -0.05) is 13.8 Å². The highest BCUT2D eigenvalue weighted by Crippen LogP contribution is 2.14. The van der Waals surface area contributed by atoms with Gasteiger partial charge in [-0.25, -0.2) is 0 Å². The van der Waals surface area contributed by atoms with Crippen molar-refractivity contribution in [3.8, 4) is 0 Å². The maximum atomic E-state index is 8.81. The summed E-state index contributed by atoms with van der Waals surface area (Å²) in [5.74, 6) is 0. The average molecular weight is 204 g/mol. The van der Waals surface area contributed by atoms with E-state index in [1.165, 1.54) is 12.8 Å². The van der Waals surface area contributed by atoms with Gasteiger partial charge in [-0.15, -0.1) is 0 Å². The molecule has 0 aromatic heterocycles. The monoisotopic (exact) mass is 204 g/mol. The molecule has 0 spiro atoms. The second-order valence-electron chi connectivity index (χ2n) is 3.74. The Bertz CT molecular complexity index is 134. The van der Waals surface area contributed by atoms with E-state index in [1.807, 2.05) is 13.8 Å². The lowest BCUT2D eigenvalue weighted by Gasteiger charge is -2.26. The molecule has 3 nitrogen and oxygen atoms in total. The maximum absolute atomic E-state index is 8.81. The highest BCUT2D eigenvalue weighted by Gasteiger charge is 2.23. The molecule has 14 heavy (non-hydrogen) atoms. The third kappa shape index (κ3) is 4.94. The number of hydrogen-bond donors (Lipinski definition) is 2. The second-order valence-corrected chi connectivity index (χ2v) is 3.74. The van der Waals surface area contributed by atoms with E-state index in [1.54, 1.807) is 0 Å². The number of β-amino-alcohol motifs (C(OH)–C–C–N with tert-alkyl or cyclic N) is 1. The van der Waals surface area contributed by atoms with Gasteiger partial charge in [0.25, 0.3) is 0 Å². The summed E-state index contributed by atoms with van der Waals surface area (Å²) in [6, 6.07) is 0.536. The first kappa shape index (κ1) is 13.9. The summed E-state index contributed by atoms with van der Waals surface area (Å²) in [4.78, 5) is 2.32. The number of nitrogens with zero attached hydrogens (tertiary/aromatic N) is 1. The largest absolute Gasteiger partial charge is 0.395 e. The van der Waals surface area contributed by atoms with Gasteiger partial charge in [-0.2, -0.15) is 0 Å². The minimum atomic E-state index is 0. The number of aliphatic hydroxyl groups excluding tert-OH is 1. The molecule has 1 saturated heterocycles. The van der Waals surface area contributed by atoms with Gasteiger partial charge in [-0.05, 0) is 33.2 Å². The van der Waals surface area contributed by atoms with Crippen LogP contribution in [0.1, 0.15) is 42.0 Å². The summed E-state index contributed by atoms with van der Waals surface area (Å²) < 4.78 is 0. The van der Waals surface area contributed by atoms with E-state index in [0.717, 1.165) is 13.1 Å². The molecule has 2 N–H and O–H groups in total. The lowest BCUT2D eigenvalue weighted by Crippen LogP contribution is -2.45. The number of hydrogen-bond acceptors (Lipinski definition) is 3. The van der Waals surface area contributed by atoms with Crippen molar-refractivity contribution in [1.29, 1.82) is 0 Å². The highest BCUT2D eigenvalue weighted by molar-refractivity contribution is 4.77. The molecule has 0 bridgehead atoms. The molecule has 1 aliphatic rings. The molecule has 0 unspecified atom stereocenters. The summed E-state index contributed by atoms with van der Waals surface area (Å²) in [6.07, 6.45) is 2.97. The lowest BCUT2D eigenvalue weighted by molar-refractivity contribution is 0.160. The zero-order chi connectivity index (χ0) is 11.0. The molecule has 1 fully saturated rings. The quantitative estimate of drug-likeness (QED) is 0.731. The molecule has 1 rings (SSSR count). The Balaban J connectivity index is 0. The molecular weight excluding hydrogens is 176 g/mol. The van der Waals surface area contributed by atoms with Gasteiger partial charge in [0.15, 0.2) is 0 Å². The molecule has 3 heteroatoms. The van der Waals surface area contributed by atoms with Crippen LogP contribution in [0.15, 0.2) is 0 Å². The first-order valence-electron chi connectivity index (χ1n) is 5.85. The Morgan fingerprint density at radius 1 is 1.50 bits per heavy atom. The molecule has 88 valence electrons.